The van der Waals surface area contributed by atoms with Gasteiger partial charge in [0.2, 0.25) is 0 Å². The van der Waals surface area contributed by atoms with Crippen LogP contribution >= 0.6 is 0 Å². The molecule has 2 aliphatic rings. The number of nitrogens with one attached hydrogen (secondary N) is 2. The highest BCUT2D eigenvalue weighted by atomic mass is 32.2. The average molecular weight is 249 g/mol. The topological polar surface area (TPSA) is 70.7 Å². The number of nitrogens with zero attached hydrogens (tertiary/aromatic N) is 1. The van der Waals surface area contributed by atoms with Crippen molar-refractivity contribution in [3.8, 4) is 0 Å². The maximum atomic E-state index is 11.8. The highest BCUT2D eigenvalue weighted by Crippen LogP contribution is 2.11. The Kier molecular flexibility index (Phi) is 4.15. The molecule has 7 heteroatoms. The third-order valence-corrected chi connectivity index (χ3v) is 4.49. The van der Waals surface area contributed by atoms with Gasteiger partial charge in [0.15, 0.2) is 0 Å². The van der Waals surface area contributed by atoms with Gasteiger partial charge in [-0.1, -0.05) is 0 Å². The van der Waals surface area contributed by atoms with Gasteiger partial charge in [-0.25, -0.2) is 4.72 Å². The third-order valence-electron chi connectivity index (χ3n) is 2.92. The van der Waals surface area contributed by atoms with Gasteiger partial charge in [0.25, 0.3) is 10.2 Å². The van der Waals surface area contributed by atoms with E-state index in [2.05, 4.69) is 10.0 Å². The molecular formula is C9H19N3O3S. The molecule has 2 aliphatic heterocycles. The van der Waals surface area contributed by atoms with Crippen molar-refractivity contribution in [1.29, 1.82) is 0 Å². The summed E-state index contributed by atoms with van der Waals surface area (Å²) in [5.74, 6) is 0. The minimum Gasteiger partial charge on any atom is -0.378 e. The zero-order chi connectivity index (χ0) is 11.4. The lowest BCUT2D eigenvalue weighted by molar-refractivity contribution is 0.0783. The van der Waals surface area contributed by atoms with E-state index in [1.807, 2.05) is 0 Å². The van der Waals surface area contributed by atoms with Crippen molar-refractivity contribution >= 4 is 10.2 Å². The van der Waals surface area contributed by atoms with Crippen LogP contribution in [0.25, 0.3) is 0 Å². The van der Waals surface area contributed by atoms with E-state index in [4.69, 9.17) is 4.74 Å². The summed E-state index contributed by atoms with van der Waals surface area (Å²) in [7, 11) is -3.27. The van der Waals surface area contributed by atoms with E-state index in [0.29, 0.717) is 32.8 Å². The molecule has 2 rings (SSSR count). The Balaban J connectivity index is 1.79. The molecule has 0 spiro atoms. The number of ether oxygens (including phenoxy) is 1. The zero-order valence-corrected chi connectivity index (χ0v) is 10.1. The summed E-state index contributed by atoms with van der Waals surface area (Å²) in [6.45, 7) is 3.75. The fourth-order valence-corrected chi connectivity index (χ4v) is 3.31. The summed E-state index contributed by atoms with van der Waals surface area (Å²) in [6.07, 6.45) is 1.93. The number of hydrogen-bond donors (Lipinski definition) is 2. The first-order valence-electron chi connectivity index (χ1n) is 5.74. The Bertz CT molecular complexity index is 308. The lowest BCUT2D eigenvalue weighted by Crippen LogP contribution is -2.50. The predicted molar refractivity (Wildman–Crippen MR) is 60.3 cm³/mol. The van der Waals surface area contributed by atoms with Gasteiger partial charge in [0.1, 0.15) is 0 Å². The largest absolute Gasteiger partial charge is 0.378 e. The molecule has 0 amide bonds. The second-order valence-corrected chi connectivity index (χ2v) is 5.94. The monoisotopic (exact) mass is 249 g/mol. The van der Waals surface area contributed by atoms with E-state index < -0.39 is 10.2 Å². The van der Waals surface area contributed by atoms with Crippen molar-refractivity contribution in [2.75, 3.05) is 39.4 Å². The molecule has 16 heavy (non-hydrogen) atoms. The van der Waals surface area contributed by atoms with Crippen molar-refractivity contribution in [2.45, 2.75) is 18.9 Å². The van der Waals surface area contributed by atoms with Crippen molar-refractivity contribution in [3.63, 3.8) is 0 Å². The van der Waals surface area contributed by atoms with Gasteiger partial charge in [-0.05, 0) is 12.8 Å². The van der Waals surface area contributed by atoms with Crippen LogP contribution in [0.2, 0.25) is 0 Å². The maximum Gasteiger partial charge on any atom is 0.279 e. The van der Waals surface area contributed by atoms with Crippen LogP contribution in [0.5, 0.6) is 0 Å². The molecule has 2 heterocycles. The molecule has 2 fully saturated rings. The lowest BCUT2D eigenvalue weighted by atomic mass is 10.3. The average Bonchev–Trinajstić information content (AvgIpc) is 2.82. The summed E-state index contributed by atoms with van der Waals surface area (Å²) >= 11 is 0. The molecule has 0 aliphatic carbocycles. The summed E-state index contributed by atoms with van der Waals surface area (Å²) in [5.41, 5.74) is 0. The Hall–Kier alpha value is -0.210. The number of rotatable bonds is 4. The Morgan fingerprint density at radius 1 is 1.38 bits per heavy atom. The van der Waals surface area contributed by atoms with Gasteiger partial charge in [0.05, 0.1) is 13.2 Å². The van der Waals surface area contributed by atoms with E-state index >= 15 is 0 Å². The molecule has 0 aromatic heterocycles. The Morgan fingerprint density at radius 2 is 2.12 bits per heavy atom. The van der Waals surface area contributed by atoms with Crippen LogP contribution in [0.4, 0.5) is 0 Å². The minimum atomic E-state index is -3.27. The van der Waals surface area contributed by atoms with Crippen LogP contribution in [0.3, 0.4) is 0 Å². The molecular weight excluding hydrogens is 230 g/mol. The summed E-state index contributed by atoms with van der Waals surface area (Å²) < 4.78 is 33.0. The number of hydrogen-bond acceptors (Lipinski definition) is 4. The van der Waals surface area contributed by atoms with Gasteiger partial charge in [-0.15, -0.1) is 0 Å². The predicted octanol–water partition coefficient (Wildman–Crippen LogP) is -1.09. The quantitative estimate of drug-likeness (QED) is 0.664. The second kappa shape index (κ2) is 5.42. The standard InChI is InChI=1S/C9H19N3O3S/c13-16(14,12-4-1-2-5-12)11-7-9-8-15-6-3-10-9/h9-11H,1-8H2. The van der Waals surface area contributed by atoms with Crippen LogP contribution in [0, 0.1) is 0 Å². The first-order chi connectivity index (χ1) is 7.68. The first kappa shape index (κ1) is 12.3. The van der Waals surface area contributed by atoms with Gasteiger partial charge in [-0.2, -0.15) is 12.7 Å². The van der Waals surface area contributed by atoms with E-state index in [-0.39, 0.29) is 6.04 Å². The molecule has 6 nitrogen and oxygen atoms in total. The minimum absolute atomic E-state index is 0.0890. The van der Waals surface area contributed by atoms with Gasteiger partial charge in [-0.3, -0.25) is 0 Å². The molecule has 0 radical (unpaired) electrons. The van der Waals surface area contributed by atoms with E-state index in [9.17, 15) is 8.42 Å². The molecule has 94 valence electrons. The summed E-state index contributed by atoms with van der Waals surface area (Å²) in [6, 6.07) is 0.0890. The fourth-order valence-electron chi connectivity index (χ4n) is 1.98. The van der Waals surface area contributed by atoms with Crippen molar-refractivity contribution in [2.24, 2.45) is 0 Å². The molecule has 0 aromatic carbocycles. The van der Waals surface area contributed by atoms with E-state index in [1.165, 1.54) is 4.31 Å². The maximum absolute atomic E-state index is 11.8. The molecule has 2 N–H and O–H groups in total. The highest BCUT2D eigenvalue weighted by Gasteiger charge is 2.26. The van der Waals surface area contributed by atoms with Crippen molar-refractivity contribution in [1.82, 2.24) is 14.3 Å². The molecule has 1 atom stereocenters. The van der Waals surface area contributed by atoms with Crippen LogP contribution in [0.15, 0.2) is 0 Å². The zero-order valence-electron chi connectivity index (χ0n) is 9.31. The van der Waals surface area contributed by atoms with Gasteiger partial charge in [0, 0.05) is 32.2 Å². The molecule has 0 bridgehead atoms. The first-order valence-corrected chi connectivity index (χ1v) is 7.18. The van der Waals surface area contributed by atoms with Crippen LogP contribution in [-0.2, 0) is 14.9 Å². The lowest BCUT2D eigenvalue weighted by Gasteiger charge is -2.25. The van der Waals surface area contributed by atoms with Crippen LogP contribution in [0.1, 0.15) is 12.8 Å². The van der Waals surface area contributed by atoms with Crippen molar-refractivity contribution in [3.05, 3.63) is 0 Å². The Morgan fingerprint density at radius 3 is 2.75 bits per heavy atom. The van der Waals surface area contributed by atoms with Crippen molar-refractivity contribution < 1.29 is 13.2 Å². The smallest absolute Gasteiger partial charge is 0.279 e. The SMILES string of the molecule is O=S(=O)(NCC1COCCN1)N1CCCC1. The third kappa shape index (κ3) is 3.14. The van der Waals surface area contributed by atoms with Crippen LogP contribution < -0.4 is 10.0 Å². The fraction of sp³-hybridized carbons (Fsp3) is 1.00. The molecule has 1 unspecified atom stereocenters. The summed E-state index contributed by atoms with van der Waals surface area (Å²) in [5, 5.41) is 3.21. The molecule has 0 saturated carbocycles. The highest BCUT2D eigenvalue weighted by molar-refractivity contribution is 7.87. The Labute approximate surface area is 96.5 Å². The normalized spacial score (nSPS) is 28.4. The molecule has 2 saturated heterocycles. The summed E-state index contributed by atoms with van der Waals surface area (Å²) in [4.78, 5) is 0. The van der Waals surface area contributed by atoms with Gasteiger partial charge < -0.3 is 10.1 Å². The molecule has 0 aromatic rings. The van der Waals surface area contributed by atoms with Crippen LogP contribution in [-0.4, -0.2) is 58.2 Å². The number of morpholine rings is 1. The van der Waals surface area contributed by atoms with E-state index in [0.717, 1.165) is 19.4 Å². The van der Waals surface area contributed by atoms with Gasteiger partial charge >= 0.3 is 0 Å². The van der Waals surface area contributed by atoms with E-state index in [1.54, 1.807) is 0 Å². The second-order valence-electron chi connectivity index (χ2n) is 4.19.